The molecular formula is C44H54N6S4. The molecule has 7 rings (SSSR count). The molecule has 6 nitrogen and oxygen atoms in total. The SMILES string of the molecule is CCCCC(CC)Cc1cc(-c2ccc(C3C4NSNC4C(c4ccc(-c5ccc(C#N)c(CC(CC)CCCC)c5)s4)C4NSNC43)s2)ccc1C#N. The van der Waals surface area contributed by atoms with Gasteiger partial charge in [0.05, 0.1) is 23.3 Å². The molecule has 2 aliphatic heterocycles. The van der Waals surface area contributed by atoms with Crippen molar-refractivity contribution in [3.05, 3.63) is 92.7 Å². The highest BCUT2D eigenvalue weighted by Crippen LogP contribution is 2.51. The predicted octanol–water partition coefficient (Wildman–Crippen LogP) is 11.3. The lowest BCUT2D eigenvalue weighted by atomic mass is 9.68. The fraction of sp³-hybridized carbons (Fsp3) is 0.500. The number of nitriles is 2. The fourth-order valence-corrected chi connectivity index (χ4v) is 13.2. The average molecular weight is 795 g/mol. The number of thiophene rings is 2. The van der Waals surface area contributed by atoms with Crippen molar-refractivity contribution in [2.45, 2.75) is 128 Å². The predicted molar refractivity (Wildman–Crippen MR) is 231 cm³/mol. The highest BCUT2D eigenvalue weighted by Gasteiger charge is 2.56. The molecule has 1 saturated carbocycles. The van der Waals surface area contributed by atoms with Gasteiger partial charge in [-0.3, -0.25) is 0 Å². The number of nitrogens with one attached hydrogen (secondary N) is 4. The number of hydrogen-bond acceptors (Lipinski definition) is 10. The number of benzene rings is 2. The minimum absolute atomic E-state index is 0.252. The van der Waals surface area contributed by atoms with E-state index in [-0.39, 0.29) is 36.0 Å². The first kappa shape index (κ1) is 39.6. The first-order valence-electron chi connectivity index (χ1n) is 20.1. The molecule has 0 amide bonds. The zero-order valence-corrected chi connectivity index (χ0v) is 35.3. The van der Waals surface area contributed by atoms with Crippen molar-refractivity contribution in [1.82, 2.24) is 18.9 Å². The summed E-state index contributed by atoms with van der Waals surface area (Å²) in [6.07, 6.45) is 11.6. The zero-order chi connectivity index (χ0) is 37.6. The highest BCUT2D eigenvalue weighted by atomic mass is 32.2. The van der Waals surface area contributed by atoms with Crippen LogP contribution in [0, 0.1) is 34.5 Å². The lowest BCUT2D eigenvalue weighted by Crippen LogP contribution is -2.61. The van der Waals surface area contributed by atoms with E-state index in [9.17, 15) is 10.5 Å². The standard InChI is InChI=1S/C44H54N6S4/c1-5-9-11-27(7-3)21-33-23-29(13-15-31(33)25-45)35-17-19-37(51-35)39-41-43(49-53-47-41)40(44-42(39)48-54-50-44)38-20-18-36(52-38)30-14-16-32(26-46)34(24-30)22-28(8-4)12-10-6-2/h13-20,23-24,27-28,39-44,47-50H,5-12,21-22H2,1-4H3. The molecule has 0 bridgehead atoms. The van der Waals surface area contributed by atoms with Gasteiger partial charge in [0.15, 0.2) is 0 Å². The molecule has 1 aliphatic carbocycles. The maximum Gasteiger partial charge on any atom is 0.0994 e. The van der Waals surface area contributed by atoms with Gasteiger partial charge in [0.25, 0.3) is 0 Å². The van der Waals surface area contributed by atoms with E-state index in [1.807, 2.05) is 34.8 Å². The third-order valence-corrected chi connectivity index (χ3v) is 16.2. The fourth-order valence-electron chi connectivity index (χ4n) is 8.91. The Hall–Kier alpha value is -2.64. The first-order chi connectivity index (χ1) is 26.5. The van der Waals surface area contributed by atoms with Crippen LogP contribution >= 0.6 is 46.9 Å². The summed E-state index contributed by atoms with van der Waals surface area (Å²) in [6, 6.07) is 28.2. The Bertz CT molecular complexity index is 1800. The van der Waals surface area contributed by atoms with Crippen LogP contribution in [0.25, 0.3) is 20.9 Å². The summed E-state index contributed by atoms with van der Waals surface area (Å²) >= 11 is 7.10. The molecule has 6 unspecified atom stereocenters. The van der Waals surface area contributed by atoms with Gasteiger partial charge in [-0.05, 0) is 95.5 Å². The average Bonchev–Trinajstić information content (AvgIpc) is 4.05. The molecule has 3 aliphatic rings. The van der Waals surface area contributed by atoms with Crippen molar-refractivity contribution in [1.29, 1.82) is 10.5 Å². The van der Waals surface area contributed by atoms with Crippen molar-refractivity contribution in [3.63, 3.8) is 0 Å². The Morgan fingerprint density at radius 1 is 0.574 bits per heavy atom. The minimum Gasteiger partial charge on any atom is -0.245 e. The van der Waals surface area contributed by atoms with Gasteiger partial charge in [-0.1, -0.05) is 91.2 Å². The second kappa shape index (κ2) is 18.5. The molecule has 4 N–H and O–H groups in total. The van der Waals surface area contributed by atoms with Crippen LogP contribution < -0.4 is 18.9 Å². The van der Waals surface area contributed by atoms with Gasteiger partial charge in [0.2, 0.25) is 0 Å². The van der Waals surface area contributed by atoms with Crippen molar-refractivity contribution in [2.24, 2.45) is 11.8 Å². The Morgan fingerprint density at radius 3 is 1.33 bits per heavy atom. The van der Waals surface area contributed by atoms with Crippen LogP contribution in [-0.2, 0) is 12.8 Å². The Morgan fingerprint density at radius 2 is 0.981 bits per heavy atom. The van der Waals surface area contributed by atoms with Crippen molar-refractivity contribution in [2.75, 3.05) is 0 Å². The van der Waals surface area contributed by atoms with Gasteiger partial charge in [-0.25, -0.2) is 18.9 Å². The number of nitrogens with zero attached hydrogens (tertiary/aromatic N) is 2. The van der Waals surface area contributed by atoms with Crippen LogP contribution in [0.4, 0.5) is 0 Å². The van der Waals surface area contributed by atoms with E-state index in [0.29, 0.717) is 11.8 Å². The number of fused-ring (bicyclic) bond motifs is 2. The van der Waals surface area contributed by atoms with Gasteiger partial charge in [-0.2, -0.15) is 10.5 Å². The number of rotatable bonds is 16. The van der Waals surface area contributed by atoms with E-state index in [4.69, 9.17) is 0 Å². The molecule has 6 atom stereocenters. The van der Waals surface area contributed by atoms with Crippen LogP contribution in [-0.4, -0.2) is 24.2 Å². The van der Waals surface area contributed by atoms with E-state index >= 15 is 0 Å². The van der Waals surface area contributed by atoms with Crippen LogP contribution in [0.2, 0.25) is 0 Å². The van der Waals surface area contributed by atoms with Gasteiger partial charge < -0.3 is 0 Å². The maximum atomic E-state index is 9.96. The van der Waals surface area contributed by atoms with E-state index in [2.05, 4.69) is 107 Å². The molecule has 4 heterocycles. The largest absolute Gasteiger partial charge is 0.245 e. The Kier molecular flexibility index (Phi) is 13.6. The van der Waals surface area contributed by atoms with Gasteiger partial charge in [0.1, 0.15) is 0 Å². The summed E-state index contributed by atoms with van der Waals surface area (Å²) in [5.41, 5.74) is 6.44. The monoisotopic (exact) mass is 794 g/mol. The minimum atomic E-state index is 0.252. The van der Waals surface area contributed by atoms with Crippen LogP contribution in [0.3, 0.4) is 0 Å². The number of hydrogen-bond donors (Lipinski definition) is 4. The molecule has 2 aromatic heterocycles. The second-order valence-corrected chi connectivity index (χ2v) is 19.0. The molecule has 0 spiro atoms. The van der Waals surface area contributed by atoms with Crippen molar-refractivity contribution >= 4 is 46.9 Å². The van der Waals surface area contributed by atoms with E-state index in [1.54, 1.807) is 24.3 Å². The zero-order valence-electron chi connectivity index (χ0n) is 32.0. The number of unbranched alkanes of at least 4 members (excludes halogenated alkanes) is 2. The topological polar surface area (TPSA) is 95.7 Å². The van der Waals surface area contributed by atoms with E-state index < -0.39 is 0 Å². The Labute approximate surface area is 339 Å². The summed E-state index contributed by atoms with van der Waals surface area (Å²) in [7, 11) is 0. The molecule has 4 aromatic rings. The van der Waals surface area contributed by atoms with Crippen LogP contribution in [0.15, 0.2) is 60.7 Å². The summed E-state index contributed by atoms with van der Waals surface area (Å²) in [6.45, 7) is 9.08. The maximum absolute atomic E-state index is 9.96. The van der Waals surface area contributed by atoms with Crippen molar-refractivity contribution in [3.8, 4) is 33.0 Å². The summed E-state index contributed by atoms with van der Waals surface area (Å²) in [5, 5.41) is 19.9. The lowest BCUT2D eigenvalue weighted by Gasteiger charge is -2.45. The molecule has 0 radical (unpaired) electrons. The van der Waals surface area contributed by atoms with Crippen molar-refractivity contribution < 1.29 is 0 Å². The lowest BCUT2D eigenvalue weighted by molar-refractivity contribution is 0.227. The van der Waals surface area contributed by atoms with E-state index in [1.165, 1.54) is 80.3 Å². The summed E-state index contributed by atoms with van der Waals surface area (Å²) in [4.78, 5) is 5.32. The quantitative estimate of drug-likeness (QED) is 0.0833. The van der Waals surface area contributed by atoms with Gasteiger partial charge in [-0.15, -0.1) is 22.7 Å². The molecule has 284 valence electrons. The smallest absolute Gasteiger partial charge is 0.0994 e. The highest BCUT2D eigenvalue weighted by molar-refractivity contribution is 7.96. The second-order valence-electron chi connectivity index (χ2n) is 15.4. The third-order valence-electron chi connectivity index (χ3n) is 12.1. The van der Waals surface area contributed by atoms with Gasteiger partial charge >= 0.3 is 0 Å². The summed E-state index contributed by atoms with van der Waals surface area (Å²) in [5.74, 6) is 1.80. The Balaban J connectivity index is 1.13. The summed E-state index contributed by atoms with van der Waals surface area (Å²) < 4.78 is 15.2. The molecule has 3 fully saturated rings. The normalized spacial score (nSPS) is 24.4. The van der Waals surface area contributed by atoms with E-state index in [0.717, 1.165) is 36.8 Å². The van der Waals surface area contributed by atoms with Gasteiger partial charge in [0, 0.05) is 79.8 Å². The van der Waals surface area contributed by atoms with Crippen LogP contribution in [0.5, 0.6) is 0 Å². The first-order valence-corrected chi connectivity index (χ1v) is 23.4. The van der Waals surface area contributed by atoms with Crippen LogP contribution in [0.1, 0.15) is 123 Å². The third kappa shape index (κ3) is 8.38. The molecular weight excluding hydrogens is 741 g/mol. The molecule has 54 heavy (non-hydrogen) atoms. The molecule has 2 saturated heterocycles. The molecule has 10 heteroatoms. The molecule has 2 aromatic carbocycles.